The van der Waals surface area contributed by atoms with Crippen molar-refractivity contribution in [1.82, 2.24) is 0 Å². The van der Waals surface area contributed by atoms with E-state index in [1.54, 1.807) is 12.1 Å². The molecule has 0 bridgehead atoms. The van der Waals surface area contributed by atoms with Gasteiger partial charge in [0.15, 0.2) is 6.10 Å². The van der Waals surface area contributed by atoms with Crippen molar-refractivity contribution in [2.24, 2.45) is 0 Å². The van der Waals surface area contributed by atoms with Gasteiger partial charge in [-0.25, -0.2) is 9.18 Å². The summed E-state index contributed by atoms with van der Waals surface area (Å²) < 4.78 is 38.3. The molecule has 17 rings (SSSR count). The molecule has 0 fully saturated rings. The van der Waals surface area contributed by atoms with Gasteiger partial charge in [-0.15, -0.1) is 0 Å². The van der Waals surface area contributed by atoms with Crippen molar-refractivity contribution in [2.45, 2.75) is 65.1 Å². The number of carboxylic acid groups (broad SMARTS) is 1. The summed E-state index contributed by atoms with van der Waals surface area (Å²) in [5.41, 5.74) is 5.80. The molecule has 6 nitrogen and oxygen atoms in total. The number of hydrogen-bond acceptors (Lipinski definition) is 5. The molecular weight excluding hydrogens is 1650 g/mol. The zero-order valence-electron chi connectivity index (χ0n) is 68.1. The van der Waals surface area contributed by atoms with Crippen molar-refractivity contribution in [1.29, 1.82) is 0 Å². The third kappa shape index (κ3) is 25.8. The zero-order valence-corrected chi connectivity index (χ0v) is 73.2. The van der Waals surface area contributed by atoms with Crippen LogP contribution in [0.15, 0.2) is 443 Å². The number of fused-ring (bicyclic) bond motifs is 1. The first-order chi connectivity index (χ1) is 59.3. The molecule has 0 saturated heterocycles. The van der Waals surface area contributed by atoms with Crippen LogP contribution in [0.2, 0.25) is 0 Å². The van der Waals surface area contributed by atoms with Crippen molar-refractivity contribution < 1.29 is 53.7 Å². The molecule has 1 atom stereocenters. The average molecular weight is 1750 g/mol. The molecule has 0 radical (unpaired) electrons. The van der Waals surface area contributed by atoms with E-state index in [2.05, 4.69) is 384 Å². The van der Waals surface area contributed by atoms with E-state index in [9.17, 15) is 14.3 Å². The molecule has 0 amide bonds. The van der Waals surface area contributed by atoms with Gasteiger partial charge in [-0.3, -0.25) is 0 Å². The number of hydrogen-bond donors (Lipinski definition) is 1. The Hall–Kier alpha value is -11.5. The third-order valence-electron chi connectivity index (χ3n) is 19.9. The number of carbonyl (C=O) groups is 1. The molecule has 0 aliphatic carbocycles. The normalized spacial score (nSPS) is 11.7. The Morgan fingerprint density at radius 3 is 0.950 bits per heavy atom. The fourth-order valence-electron chi connectivity index (χ4n) is 14.1. The Balaban J connectivity index is 0.000000147. The summed E-state index contributed by atoms with van der Waals surface area (Å²) in [6, 6.07) is 154. The van der Waals surface area contributed by atoms with Crippen LogP contribution in [0.1, 0.15) is 55.4 Å². The Bertz CT molecular complexity index is 4790. The maximum Gasteiger partial charge on any atom is 0.344 e. The molecule has 1 unspecified atom stereocenters. The molecular formula is C109H99FO6P4Pd. The van der Waals surface area contributed by atoms with E-state index in [-0.39, 0.29) is 26.2 Å². The average Bonchev–Trinajstić information content (AvgIpc) is 0.792. The summed E-state index contributed by atoms with van der Waals surface area (Å²) in [6.07, 6.45) is 3.34. The first kappa shape index (κ1) is 88.8. The van der Waals surface area contributed by atoms with Crippen LogP contribution in [-0.2, 0) is 51.1 Å². The van der Waals surface area contributed by atoms with Gasteiger partial charge in [0.25, 0.3) is 0 Å². The van der Waals surface area contributed by atoms with E-state index in [1.807, 2.05) is 48.5 Å². The molecule has 1 aliphatic heterocycles. The van der Waals surface area contributed by atoms with Crippen molar-refractivity contribution in [3.8, 4) is 34.1 Å². The van der Waals surface area contributed by atoms with E-state index in [1.165, 1.54) is 75.8 Å². The van der Waals surface area contributed by atoms with Gasteiger partial charge in [0.05, 0.1) is 13.2 Å². The van der Waals surface area contributed by atoms with Crippen LogP contribution in [0.5, 0.6) is 23.0 Å². The molecule has 16 aromatic rings. The summed E-state index contributed by atoms with van der Waals surface area (Å²) >= 11 is 0. The summed E-state index contributed by atoms with van der Waals surface area (Å²) in [4.78, 5) is 11.6. The molecule has 0 spiro atoms. The maximum absolute atomic E-state index is 13.7. The molecule has 608 valence electrons. The molecule has 0 aromatic heterocycles. The van der Waals surface area contributed by atoms with Crippen LogP contribution in [0.3, 0.4) is 0 Å². The van der Waals surface area contributed by atoms with Crippen molar-refractivity contribution in [3.63, 3.8) is 0 Å². The van der Waals surface area contributed by atoms with Crippen molar-refractivity contribution in [3.05, 3.63) is 471 Å². The van der Waals surface area contributed by atoms with E-state index >= 15 is 0 Å². The van der Waals surface area contributed by atoms with Gasteiger partial charge in [0, 0.05) is 44.0 Å². The van der Waals surface area contributed by atoms with Crippen LogP contribution in [0.4, 0.5) is 4.39 Å². The van der Waals surface area contributed by atoms with Gasteiger partial charge in [-0.05, 0) is 168 Å². The number of aliphatic carboxylic acids is 1. The first-order valence-corrected chi connectivity index (χ1v) is 46.3. The largest absolute Gasteiger partial charge is 0.493 e. The number of aryl methyl sites for hydroxylation is 2. The van der Waals surface area contributed by atoms with Crippen molar-refractivity contribution >= 4 is 101 Å². The van der Waals surface area contributed by atoms with Gasteiger partial charge < -0.3 is 24.1 Å². The second-order valence-electron chi connectivity index (χ2n) is 28.3. The summed E-state index contributed by atoms with van der Waals surface area (Å²) in [5.74, 6) is 1.58. The standard InChI is InChI=1S/C37H39FO6.4C18H15P.Pd/c1-3-9-30-32(18-14-28-15-19-33(37(39)40)44-36(28)30)41-20-8-21-42-34-23-35(43-24-25-10-6-5-7-11-25)31(22-26(34)4-2)27-12-16-29(38)17-13-27;4*1-4-10-16(11-5-1)19(17-12-6-2-7-13-17)18-14-8-3-9-15-18;/h5-7,10-14,16-18,22-23,33H,3-4,8-9,15,19-21,24H2,1-2H3,(H,39,40);4*1-15H;. The molecule has 1 heterocycles. The van der Waals surface area contributed by atoms with Crippen LogP contribution in [-0.4, -0.2) is 30.4 Å². The first-order valence-electron chi connectivity index (χ1n) is 41.0. The molecule has 16 aromatic carbocycles. The summed E-state index contributed by atoms with van der Waals surface area (Å²) in [7, 11) is -1.78. The molecule has 1 N–H and O–H groups in total. The molecule has 12 heteroatoms. The van der Waals surface area contributed by atoms with E-state index in [0.29, 0.717) is 50.6 Å². The number of carboxylic acids is 1. The number of halogens is 1. The second kappa shape index (κ2) is 48.1. The maximum atomic E-state index is 13.7. The Morgan fingerprint density at radius 2 is 0.661 bits per heavy atom. The Labute approximate surface area is 732 Å². The SMILES string of the molecule is CCCc1c(OCCCOc2cc(OCc3ccccc3)c(-c3ccc(F)cc3)cc2CC)ccc2c1OC(C(=O)O)CC2.[Pd].c1ccc(P(c2ccccc2)c2ccccc2)cc1.c1ccc(P(c2ccccc2)c2ccccc2)cc1.c1ccc(P(c2ccccc2)c2ccccc2)cc1.c1ccc(P(c2ccccc2)c2ccccc2)cc1. The Morgan fingerprint density at radius 1 is 0.364 bits per heavy atom. The number of benzene rings is 16. The minimum Gasteiger partial charge on any atom is -0.493 e. The number of rotatable bonds is 26. The Kier molecular flexibility index (Phi) is 35.3. The second-order valence-corrected chi connectivity index (χ2v) is 37.2. The third-order valence-corrected chi connectivity index (χ3v) is 29.7. The van der Waals surface area contributed by atoms with E-state index in [4.69, 9.17) is 18.9 Å². The fraction of sp³-hybridized carbons (Fsp3) is 0.110. The minimum absolute atomic E-state index is 0. The van der Waals surface area contributed by atoms with Gasteiger partial charge in [0.2, 0.25) is 0 Å². The van der Waals surface area contributed by atoms with Crippen molar-refractivity contribution in [2.75, 3.05) is 13.2 Å². The predicted octanol–water partition coefficient (Wildman–Crippen LogP) is 22.0. The fourth-order valence-corrected chi connectivity index (χ4v) is 23.4. The van der Waals surface area contributed by atoms with Crippen LogP contribution >= 0.6 is 31.7 Å². The zero-order chi connectivity index (χ0) is 82.6. The van der Waals surface area contributed by atoms with E-state index < -0.39 is 43.8 Å². The molecule has 1 aliphatic rings. The minimum atomic E-state index is -0.938. The predicted molar refractivity (Wildman–Crippen MR) is 509 cm³/mol. The van der Waals surface area contributed by atoms with Gasteiger partial charge in [0.1, 0.15) is 35.4 Å². The molecule has 121 heavy (non-hydrogen) atoms. The quantitative estimate of drug-likeness (QED) is 0.0331. The van der Waals surface area contributed by atoms with Crippen LogP contribution < -0.4 is 82.6 Å². The van der Waals surface area contributed by atoms with Crippen LogP contribution in [0, 0.1) is 5.82 Å². The molecule has 0 saturated carbocycles. The van der Waals surface area contributed by atoms with Crippen LogP contribution in [0.25, 0.3) is 11.1 Å². The monoisotopic (exact) mass is 1750 g/mol. The van der Waals surface area contributed by atoms with E-state index in [0.717, 1.165) is 64.1 Å². The summed E-state index contributed by atoms with van der Waals surface area (Å²) in [5, 5.41) is 26.3. The van der Waals surface area contributed by atoms with Gasteiger partial charge in [-0.2, -0.15) is 0 Å². The van der Waals surface area contributed by atoms with Gasteiger partial charge >= 0.3 is 5.97 Å². The smallest absolute Gasteiger partial charge is 0.344 e. The number of ether oxygens (including phenoxy) is 4. The topological polar surface area (TPSA) is 74.2 Å². The van der Waals surface area contributed by atoms with Gasteiger partial charge in [-0.1, -0.05) is 433 Å². The summed E-state index contributed by atoms with van der Waals surface area (Å²) in [6.45, 7) is 5.42.